The Morgan fingerprint density at radius 1 is 1.35 bits per heavy atom. The number of benzene rings is 1. The average molecular weight is 552 g/mol. The van der Waals surface area contributed by atoms with Crippen molar-refractivity contribution >= 4 is 45.5 Å². The first kappa shape index (κ1) is 25.3. The van der Waals surface area contributed by atoms with Crippen LogP contribution in [-0.2, 0) is 14.4 Å². The number of carboxylic acids is 1. The number of amides is 2. The fourth-order valence-corrected chi connectivity index (χ4v) is 9.55. The zero-order valence-corrected chi connectivity index (χ0v) is 22.0. The van der Waals surface area contributed by atoms with Crippen molar-refractivity contribution in [1.29, 1.82) is 0 Å². The molecule has 0 saturated carbocycles. The summed E-state index contributed by atoms with van der Waals surface area (Å²) in [6.07, 6.45) is 2.17. The quantitative estimate of drug-likeness (QED) is 0.400. The number of carboxylic acid groups (broad SMARTS) is 1. The highest BCUT2D eigenvalue weighted by Gasteiger charge is 2.76. The molecular formula is C25H31BrN2O5S. The van der Waals surface area contributed by atoms with E-state index in [1.54, 1.807) is 11.0 Å². The number of rotatable bonds is 7. The van der Waals surface area contributed by atoms with Crippen LogP contribution in [0.1, 0.15) is 38.8 Å². The van der Waals surface area contributed by atoms with Crippen LogP contribution in [0.5, 0.6) is 0 Å². The van der Waals surface area contributed by atoms with Gasteiger partial charge in [-0.2, -0.15) is 0 Å². The molecule has 1 spiro atoms. The minimum Gasteiger partial charge on any atom is -0.481 e. The molecule has 7 atom stereocenters. The number of aliphatic carboxylic acids is 1. The lowest BCUT2D eigenvalue weighted by Gasteiger charge is -2.43. The number of thioether (sulfide) groups is 1. The Morgan fingerprint density at radius 3 is 2.53 bits per heavy atom. The van der Waals surface area contributed by atoms with E-state index in [2.05, 4.69) is 22.5 Å². The number of hydrogen-bond acceptors (Lipinski definition) is 5. The molecule has 3 heterocycles. The topological polar surface area (TPSA) is 98.2 Å². The van der Waals surface area contributed by atoms with Crippen molar-refractivity contribution in [2.75, 3.05) is 13.2 Å². The number of hydrogen-bond donors (Lipinski definition) is 2. The lowest BCUT2D eigenvalue weighted by Crippen LogP contribution is -2.59. The van der Waals surface area contributed by atoms with E-state index in [0.29, 0.717) is 18.5 Å². The van der Waals surface area contributed by atoms with Gasteiger partial charge in [-0.3, -0.25) is 14.4 Å². The van der Waals surface area contributed by atoms with Gasteiger partial charge in [-0.05, 0) is 32.8 Å². The summed E-state index contributed by atoms with van der Waals surface area (Å²) in [6.45, 7) is 9.52. The molecular weight excluding hydrogens is 520 g/mol. The highest BCUT2D eigenvalue weighted by molar-refractivity contribution is 9.09. The number of alkyl halides is 1. The molecule has 34 heavy (non-hydrogen) atoms. The normalized spacial score (nSPS) is 33.0. The highest BCUT2D eigenvalue weighted by atomic mass is 79.9. The predicted octanol–water partition coefficient (Wildman–Crippen LogP) is 3.08. The summed E-state index contributed by atoms with van der Waals surface area (Å²) < 4.78 is -0.886. The standard InChI is InChI=1S/C25H31BrN2O5S/c1-5-11-27(24(2,3)4)22(31)20-25-12-15(26)19(34-25)17(23(32)33)18(25)21(30)28(20)16(13-29)14-9-7-6-8-10-14/h5-10,15-20,29H,1,11-13H2,2-4H3,(H,32,33)/t15?,16-,17+,18+,19+,20?,25?/m1/s1. The highest BCUT2D eigenvalue weighted by Crippen LogP contribution is 2.68. The van der Waals surface area contributed by atoms with Gasteiger partial charge in [0.1, 0.15) is 6.04 Å². The van der Waals surface area contributed by atoms with E-state index < -0.39 is 40.2 Å². The van der Waals surface area contributed by atoms with Gasteiger partial charge in [-0.15, -0.1) is 18.3 Å². The molecule has 0 radical (unpaired) electrons. The van der Waals surface area contributed by atoms with Crippen LogP contribution in [0.4, 0.5) is 0 Å². The fourth-order valence-electron chi connectivity index (χ4n) is 5.97. The zero-order valence-electron chi connectivity index (χ0n) is 19.6. The van der Waals surface area contributed by atoms with E-state index in [1.165, 1.54) is 16.7 Å². The third kappa shape index (κ3) is 3.71. The third-order valence-electron chi connectivity index (χ3n) is 7.33. The van der Waals surface area contributed by atoms with Crippen molar-refractivity contribution in [1.82, 2.24) is 9.80 Å². The van der Waals surface area contributed by atoms with E-state index in [1.807, 2.05) is 51.1 Å². The lowest BCUT2D eigenvalue weighted by atomic mass is 9.71. The number of nitrogens with zero attached hydrogens (tertiary/aromatic N) is 2. The molecule has 3 saturated heterocycles. The van der Waals surface area contributed by atoms with Gasteiger partial charge in [0.2, 0.25) is 11.8 Å². The molecule has 3 fully saturated rings. The molecule has 7 nitrogen and oxygen atoms in total. The largest absolute Gasteiger partial charge is 0.481 e. The number of fused-ring (bicyclic) bond motifs is 1. The molecule has 2 N–H and O–H groups in total. The minimum absolute atomic E-state index is 0.121. The van der Waals surface area contributed by atoms with Crippen LogP contribution < -0.4 is 0 Å². The molecule has 3 aliphatic rings. The van der Waals surface area contributed by atoms with Crippen molar-refractivity contribution in [3.63, 3.8) is 0 Å². The Morgan fingerprint density at radius 2 is 2.00 bits per heavy atom. The average Bonchev–Trinajstić information content (AvgIpc) is 3.36. The number of aliphatic hydroxyl groups is 1. The Hall–Kier alpha value is -1.84. The molecule has 3 aliphatic heterocycles. The Bertz CT molecular complexity index is 999. The lowest BCUT2D eigenvalue weighted by molar-refractivity contribution is -0.150. The first-order valence-electron chi connectivity index (χ1n) is 11.4. The Labute approximate surface area is 212 Å². The molecule has 2 amide bonds. The number of carbonyl (C=O) groups is 3. The van der Waals surface area contributed by atoms with Crippen LogP contribution in [0, 0.1) is 11.8 Å². The molecule has 1 aromatic rings. The molecule has 4 rings (SSSR count). The van der Waals surface area contributed by atoms with E-state index in [-0.39, 0.29) is 28.5 Å². The number of halogens is 1. The Kier molecular flexibility index (Phi) is 6.68. The second kappa shape index (κ2) is 8.99. The summed E-state index contributed by atoms with van der Waals surface area (Å²) >= 11 is 5.12. The summed E-state index contributed by atoms with van der Waals surface area (Å²) in [5, 5.41) is 20.3. The number of likely N-dealkylation sites (tertiary alicyclic amines) is 1. The second-order valence-electron chi connectivity index (χ2n) is 10.3. The predicted molar refractivity (Wildman–Crippen MR) is 135 cm³/mol. The van der Waals surface area contributed by atoms with E-state index in [0.717, 1.165) is 0 Å². The number of aliphatic hydroxyl groups excluding tert-OH is 1. The van der Waals surface area contributed by atoms with Crippen LogP contribution in [0.15, 0.2) is 43.0 Å². The van der Waals surface area contributed by atoms with Gasteiger partial charge >= 0.3 is 5.97 Å². The van der Waals surface area contributed by atoms with Crippen molar-refractivity contribution < 1.29 is 24.6 Å². The first-order chi connectivity index (χ1) is 16.0. The third-order valence-corrected chi connectivity index (χ3v) is 10.5. The van der Waals surface area contributed by atoms with Crippen molar-refractivity contribution in [3.8, 4) is 0 Å². The molecule has 0 aromatic heterocycles. The van der Waals surface area contributed by atoms with Gasteiger partial charge in [0.15, 0.2) is 0 Å². The summed E-state index contributed by atoms with van der Waals surface area (Å²) in [5.41, 5.74) is 0.164. The maximum absolute atomic E-state index is 14.3. The van der Waals surface area contributed by atoms with Crippen LogP contribution in [0.2, 0.25) is 0 Å². The van der Waals surface area contributed by atoms with Crippen molar-refractivity contribution in [2.45, 2.75) is 59.6 Å². The van der Waals surface area contributed by atoms with Crippen LogP contribution in [0.3, 0.4) is 0 Å². The first-order valence-corrected chi connectivity index (χ1v) is 13.2. The Balaban J connectivity index is 1.89. The molecule has 1 aromatic carbocycles. The van der Waals surface area contributed by atoms with E-state index in [4.69, 9.17) is 0 Å². The summed E-state index contributed by atoms with van der Waals surface area (Å²) in [4.78, 5) is 43.8. The van der Waals surface area contributed by atoms with E-state index >= 15 is 0 Å². The summed E-state index contributed by atoms with van der Waals surface area (Å²) in [6, 6.07) is 7.47. The van der Waals surface area contributed by atoms with E-state index in [9.17, 15) is 24.6 Å². The van der Waals surface area contributed by atoms with Gasteiger partial charge in [0, 0.05) is 22.2 Å². The molecule has 2 bridgehead atoms. The molecule has 184 valence electrons. The number of carbonyl (C=O) groups excluding carboxylic acids is 2. The smallest absolute Gasteiger partial charge is 0.308 e. The van der Waals surface area contributed by atoms with Crippen molar-refractivity contribution in [3.05, 3.63) is 48.6 Å². The minimum atomic E-state index is -1.02. The molecule has 9 heteroatoms. The molecule has 0 aliphatic carbocycles. The van der Waals surface area contributed by atoms with Crippen LogP contribution in [-0.4, -0.2) is 77.4 Å². The van der Waals surface area contributed by atoms with Gasteiger partial charge in [0.05, 0.1) is 29.2 Å². The SMILES string of the molecule is C=CCN(C(=O)C1N([C@H](CO)c2ccccc2)C(=O)[C@@H]2[C@H](C(=O)O)[C@H]3SC12CC3Br)C(C)(C)C. The maximum atomic E-state index is 14.3. The van der Waals surface area contributed by atoms with Crippen LogP contribution >= 0.6 is 27.7 Å². The van der Waals surface area contributed by atoms with Gasteiger partial charge in [0.25, 0.3) is 0 Å². The van der Waals surface area contributed by atoms with Crippen molar-refractivity contribution in [2.24, 2.45) is 11.8 Å². The van der Waals surface area contributed by atoms with Gasteiger partial charge < -0.3 is 20.0 Å². The fraction of sp³-hybridized carbons (Fsp3) is 0.560. The van der Waals surface area contributed by atoms with Gasteiger partial charge in [-0.25, -0.2) is 0 Å². The summed E-state index contributed by atoms with van der Waals surface area (Å²) in [5.74, 6) is -3.35. The second-order valence-corrected chi connectivity index (χ2v) is 13.0. The van der Waals surface area contributed by atoms with Gasteiger partial charge in [-0.1, -0.05) is 52.3 Å². The van der Waals surface area contributed by atoms with Crippen LogP contribution in [0.25, 0.3) is 0 Å². The zero-order chi connectivity index (χ0) is 25.0. The molecule has 3 unspecified atom stereocenters. The maximum Gasteiger partial charge on any atom is 0.308 e. The monoisotopic (exact) mass is 550 g/mol. The summed E-state index contributed by atoms with van der Waals surface area (Å²) in [7, 11) is 0.